The van der Waals surface area contributed by atoms with Crippen LogP contribution in [0.5, 0.6) is 5.75 Å². The van der Waals surface area contributed by atoms with Crippen molar-refractivity contribution in [3.05, 3.63) is 66.5 Å². The molecule has 1 atom stereocenters. The number of nitrogens with zero attached hydrogens (tertiary/aromatic N) is 4. The van der Waals surface area contributed by atoms with Crippen LogP contribution in [0.1, 0.15) is 31.4 Å². The summed E-state index contributed by atoms with van der Waals surface area (Å²) < 4.78 is 29.4. The molecule has 0 spiro atoms. The molecule has 1 aromatic carbocycles. The fraction of sp³-hybridized carbons (Fsp3) is 0.360. The van der Waals surface area contributed by atoms with E-state index >= 15 is 0 Å². The zero-order valence-corrected chi connectivity index (χ0v) is 18.9. The van der Waals surface area contributed by atoms with E-state index in [1.165, 1.54) is 12.1 Å². The summed E-state index contributed by atoms with van der Waals surface area (Å²) in [6.45, 7) is 4.14. The average Bonchev–Trinajstić information content (AvgIpc) is 3.44. The van der Waals surface area contributed by atoms with E-state index in [0.717, 1.165) is 48.4 Å². The van der Waals surface area contributed by atoms with Crippen LogP contribution in [0.2, 0.25) is 0 Å². The van der Waals surface area contributed by atoms with E-state index in [2.05, 4.69) is 10.4 Å². The molecule has 0 aliphatic carbocycles. The summed E-state index contributed by atoms with van der Waals surface area (Å²) in [5.74, 6) is 1.55. The number of rotatable bonds is 7. The lowest BCUT2D eigenvalue weighted by molar-refractivity contribution is 0.0496. The number of ether oxygens (including phenoxy) is 2. The Hall–Kier alpha value is -3.39. The highest BCUT2D eigenvalue weighted by atomic mass is 19.1. The summed E-state index contributed by atoms with van der Waals surface area (Å²) in [4.78, 5) is 4.79. The van der Waals surface area contributed by atoms with E-state index < -0.39 is 0 Å². The van der Waals surface area contributed by atoms with Crippen LogP contribution < -0.4 is 10.1 Å². The van der Waals surface area contributed by atoms with Crippen molar-refractivity contribution >= 4 is 11.5 Å². The first-order valence-electron chi connectivity index (χ1n) is 11.3. The van der Waals surface area contributed by atoms with Crippen molar-refractivity contribution in [2.24, 2.45) is 13.0 Å². The van der Waals surface area contributed by atoms with E-state index in [1.54, 1.807) is 10.6 Å². The van der Waals surface area contributed by atoms with Gasteiger partial charge in [0.1, 0.15) is 17.4 Å². The van der Waals surface area contributed by atoms with Crippen molar-refractivity contribution in [3.63, 3.8) is 0 Å². The van der Waals surface area contributed by atoms with Crippen LogP contribution in [0, 0.1) is 11.7 Å². The Kier molecular flexibility index (Phi) is 6.00. The fourth-order valence-corrected chi connectivity index (χ4v) is 4.22. The normalized spacial score (nSPS) is 15.6. The minimum Gasteiger partial charge on any atom is -0.493 e. The lowest BCUT2D eigenvalue weighted by Crippen LogP contribution is -2.22. The molecule has 1 unspecified atom stereocenters. The van der Waals surface area contributed by atoms with Crippen LogP contribution >= 0.6 is 0 Å². The van der Waals surface area contributed by atoms with Crippen molar-refractivity contribution in [1.82, 2.24) is 19.2 Å². The lowest BCUT2D eigenvalue weighted by atomic mass is 10.0. The Morgan fingerprint density at radius 2 is 2.06 bits per heavy atom. The van der Waals surface area contributed by atoms with E-state index in [9.17, 15) is 4.39 Å². The van der Waals surface area contributed by atoms with E-state index in [-0.39, 0.29) is 11.9 Å². The highest BCUT2D eigenvalue weighted by Crippen LogP contribution is 2.30. The quantitative estimate of drug-likeness (QED) is 0.437. The number of halogens is 1. The fourth-order valence-electron chi connectivity index (χ4n) is 4.22. The molecule has 1 saturated heterocycles. The summed E-state index contributed by atoms with van der Waals surface area (Å²) in [7, 11) is 1.98. The van der Waals surface area contributed by atoms with Crippen LogP contribution in [-0.4, -0.2) is 39.0 Å². The topological polar surface area (TPSA) is 65.6 Å². The Bertz CT molecular complexity index is 1240. The third kappa shape index (κ3) is 4.71. The second-order valence-corrected chi connectivity index (χ2v) is 8.62. The number of hydrogen-bond donors (Lipinski definition) is 1. The average molecular weight is 450 g/mol. The largest absolute Gasteiger partial charge is 0.493 e. The molecule has 1 N–H and O–H groups in total. The number of fused-ring (bicyclic) bond motifs is 1. The molecule has 8 heteroatoms. The maximum Gasteiger partial charge on any atom is 0.165 e. The number of hydrogen-bond acceptors (Lipinski definition) is 5. The van der Waals surface area contributed by atoms with Gasteiger partial charge in [-0.3, -0.25) is 0 Å². The van der Waals surface area contributed by atoms with Gasteiger partial charge >= 0.3 is 0 Å². The first-order valence-corrected chi connectivity index (χ1v) is 11.3. The Labute approximate surface area is 192 Å². The van der Waals surface area contributed by atoms with Gasteiger partial charge in [-0.15, -0.1) is 0 Å². The van der Waals surface area contributed by atoms with Crippen LogP contribution in [0.3, 0.4) is 0 Å². The van der Waals surface area contributed by atoms with Gasteiger partial charge in [0.05, 0.1) is 18.8 Å². The lowest BCUT2D eigenvalue weighted by Gasteiger charge is -2.24. The molecule has 0 radical (unpaired) electrons. The maximum absolute atomic E-state index is 14.1. The van der Waals surface area contributed by atoms with Gasteiger partial charge in [0, 0.05) is 55.5 Å². The molecular weight excluding hydrogens is 421 g/mol. The standard InChI is InChI=1S/C25H28FN5O2/c1-17(21-13-20(26)3-4-23(21)33-16-18-7-11-32-12-8-18)28-24-6-10-31-25(29-24)22(14-27-31)19-5-9-30(2)15-19/h3-6,9-10,13-15,17-18H,7-8,11-12,16H2,1-2H3,(H,28,29). The number of aryl methyl sites for hydroxylation is 1. The van der Waals surface area contributed by atoms with Gasteiger partial charge in [0.15, 0.2) is 5.65 Å². The van der Waals surface area contributed by atoms with Crippen LogP contribution in [0.4, 0.5) is 10.2 Å². The molecule has 1 fully saturated rings. The predicted octanol–water partition coefficient (Wildman–Crippen LogP) is 4.85. The van der Waals surface area contributed by atoms with Crippen molar-refractivity contribution in [2.75, 3.05) is 25.1 Å². The third-order valence-corrected chi connectivity index (χ3v) is 6.13. The first kappa shape index (κ1) is 21.5. The van der Waals surface area contributed by atoms with Crippen LogP contribution in [0.15, 0.2) is 55.1 Å². The third-order valence-electron chi connectivity index (χ3n) is 6.13. The van der Waals surface area contributed by atoms with Gasteiger partial charge in [0.25, 0.3) is 0 Å². The van der Waals surface area contributed by atoms with Crippen molar-refractivity contribution in [3.8, 4) is 16.9 Å². The summed E-state index contributed by atoms with van der Waals surface area (Å²) in [6, 6.07) is 8.39. The van der Waals surface area contributed by atoms with Gasteiger partial charge < -0.3 is 19.4 Å². The van der Waals surface area contributed by atoms with Crippen molar-refractivity contribution in [2.45, 2.75) is 25.8 Å². The Morgan fingerprint density at radius 1 is 1.21 bits per heavy atom. The van der Waals surface area contributed by atoms with Gasteiger partial charge in [-0.1, -0.05) is 0 Å². The van der Waals surface area contributed by atoms with E-state index in [0.29, 0.717) is 24.1 Å². The first-order chi connectivity index (χ1) is 16.1. The molecule has 3 aromatic heterocycles. The number of benzene rings is 1. The number of anilines is 1. The highest BCUT2D eigenvalue weighted by molar-refractivity contribution is 5.77. The molecule has 33 heavy (non-hydrogen) atoms. The minimum absolute atomic E-state index is 0.205. The zero-order chi connectivity index (χ0) is 22.8. The molecule has 1 aliphatic rings. The molecule has 0 bridgehead atoms. The number of aromatic nitrogens is 4. The van der Waals surface area contributed by atoms with Crippen LogP contribution in [0.25, 0.3) is 16.8 Å². The Morgan fingerprint density at radius 3 is 2.85 bits per heavy atom. The summed E-state index contributed by atoms with van der Waals surface area (Å²) >= 11 is 0. The zero-order valence-electron chi connectivity index (χ0n) is 18.9. The molecule has 4 heterocycles. The van der Waals surface area contributed by atoms with E-state index in [4.69, 9.17) is 14.5 Å². The van der Waals surface area contributed by atoms with Gasteiger partial charge in [-0.05, 0) is 56.0 Å². The monoisotopic (exact) mass is 449 g/mol. The molecule has 7 nitrogen and oxygen atoms in total. The SMILES string of the molecule is CC(Nc1ccn2ncc(-c3ccn(C)c3)c2n1)c1cc(F)ccc1OCC1CCOCC1. The molecular formula is C25H28FN5O2. The molecule has 172 valence electrons. The van der Waals surface area contributed by atoms with Crippen molar-refractivity contribution in [1.29, 1.82) is 0 Å². The summed E-state index contributed by atoms with van der Waals surface area (Å²) in [5.41, 5.74) is 3.53. The minimum atomic E-state index is -0.289. The summed E-state index contributed by atoms with van der Waals surface area (Å²) in [5, 5.41) is 7.82. The molecule has 5 rings (SSSR count). The van der Waals surface area contributed by atoms with E-state index in [1.807, 2.05) is 55.5 Å². The number of nitrogens with one attached hydrogen (secondary N) is 1. The van der Waals surface area contributed by atoms with Gasteiger partial charge in [0.2, 0.25) is 0 Å². The second-order valence-electron chi connectivity index (χ2n) is 8.62. The van der Waals surface area contributed by atoms with Gasteiger partial charge in [-0.2, -0.15) is 5.10 Å². The molecule has 1 aliphatic heterocycles. The second kappa shape index (κ2) is 9.23. The summed E-state index contributed by atoms with van der Waals surface area (Å²) in [6.07, 6.45) is 9.70. The molecule has 4 aromatic rings. The maximum atomic E-state index is 14.1. The van der Waals surface area contributed by atoms with Crippen LogP contribution in [-0.2, 0) is 11.8 Å². The molecule has 0 saturated carbocycles. The Balaban J connectivity index is 1.36. The highest BCUT2D eigenvalue weighted by Gasteiger charge is 2.18. The van der Waals surface area contributed by atoms with Gasteiger partial charge in [-0.25, -0.2) is 13.9 Å². The van der Waals surface area contributed by atoms with Crippen molar-refractivity contribution < 1.29 is 13.9 Å². The molecule has 0 amide bonds. The predicted molar refractivity (Wildman–Crippen MR) is 125 cm³/mol. The smallest absolute Gasteiger partial charge is 0.165 e.